The Balaban J connectivity index is 3.14. The number of halogens is 2. The van der Waals surface area contributed by atoms with Gasteiger partial charge in [-0.1, -0.05) is 30.1 Å². The molecule has 0 bridgehead atoms. The minimum absolute atomic E-state index is 0.316. The molecule has 0 atom stereocenters. The normalized spacial score (nSPS) is 17.8. The van der Waals surface area contributed by atoms with Crippen LogP contribution in [0, 0.1) is 0 Å². The quantitative estimate of drug-likeness (QED) is 0.653. The number of rotatable bonds is 2. The Morgan fingerprint density at radius 1 is 1.54 bits per heavy atom. The Labute approximate surface area is 87.9 Å². The zero-order chi connectivity index (χ0) is 9.84. The summed E-state index contributed by atoms with van der Waals surface area (Å²) in [5.41, 5.74) is 1.10. The van der Waals surface area contributed by atoms with E-state index in [-0.39, 0.29) is 0 Å². The number of hydrogen-bond acceptors (Lipinski definition) is 2. The molecule has 4 heteroatoms. The molecular formula is C9H11Cl2NO. The maximum atomic E-state index is 6.08. The molecule has 0 saturated heterocycles. The topological polar surface area (TPSA) is 21.6 Å². The van der Waals surface area contributed by atoms with E-state index in [1.54, 1.807) is 6.21 Å². The number of aliphatic imine (C=N–C) groups is 1. The average molecular weight is 220 g/mol. The van der Waals surface area contributed by atoms with E-state index in [4.69, 9.17) is 27.9 Å². The van der Waals surface area contributed by atoms with Crippen molar-refractivity contribution in [3.05, 3.63) is 21.5 Å². The third kappa shape index (κ3) is 2.26. The predicted octanol–water partition coefficient (Wildman–Crippen LogP) is 3.42. The molecule has 0 spiro atoms. The van der Waals surface area contributed by atoms with Crippen LogP contribution in [-0.2, 0) is 4.74 Å². The molecular weight excluding hydrogens is 209 g/mol. The third-order valence-electron chi connectivity index (χ3n) is 1.87. The first-order chi connectivity index (χ1) is 6.20. The summed E-state index contributed by atoms with van der Waals surface area (Å²) in [6, 6.07) is 0. The van der Waals surface area contributed by atoms with Crippen molar-refractivity contribution < 1.29 is 4.74 Å². The second-order valence-electron chi connectivity index (χ2n) is 2.61. The number of allylic oxidation sites excluding steroid dienone is 2. The van der Waals surface area contributed by atoms with Crippen LogP contribution in [0.5, 0.6) is 0 Å². The minimum Gasteiger partial charge on any atom is -0.492 e. The summed E-state index contributed by atoms with van der Waals surface area (Å²) in [7, 11) is 1.54. The summed E-state index contributed by atoms with van der Waals surface area (Å²) in [4.78, 5) is 3.99. The maximum absolute atomic E-state index is 6.08. The molecule has 1 aliphatic rings. The number of methoxy groups -OCH3 is 1. The Bertz CT molecular complexity index is 292. The second kappa shape index (κ2) is 4.68. The van der Waals surface area contributed by atoms with Gasteiger partial charge in [0.25, 0.3) is 0 Å². The lowest BCUT2D eigenvalue weighted by Gasteiger charge is -2.07. The van der Waals surface area contributed by atoms with Crippen LogP contribution in [0.25, 0.3) is 0 Å². The summed E-state index contributed by atoms with van der Waals surface area (Å²) in [5, 5.41) is 0.906. The average Bonchev–Trinajstić information content (AvgIpc) is 2.25. The van der Waals surface area contributed by atoms with Crippen LogP contribution >= 0.6 is 23.2 Å². The van der Waals surface area contributed by atoms with Gasteiger partial charge in [0.1, 0.15) is 0 Å². The standard InChI is InChI=1S/C9H11Cl2NO/c1-3-6-4-5-12-9(11)8(13-2)7(6)10/h5H,3-4H2,1-2H3. The Morgan fingerprint density at radius 2 is 2.23 bits per heavy atom. The van der Waals surface area contributed by atoms with Gasteiger partial charge >= 0.3 is 0 Å². The van der Waals surface area contributed by atoms with Gasteiger partial charge in [-0.25, -0.2) is 4.99 Å². The van der Waals surface area contributed by atoms with Crippen molar-refractivity contribution in [2.24, 2.45) is 4.99 Å². The predicted molar refractivity (Wildman–Crippen MR) is 56.2 cm³/mol. The molecule has 0 aliphatic carbocycles. The molecule has 1 aliphatic heterocycles. The van der Waals surface area contributed by atoms with Crippen molar-refractivity contribution in [3.63, 3.8) is 0 Å². The lowest BCUT2D eigenvalue weighted by molar-refractivity contribution is 0.302. The molecule has 0 aromatic rings. The van der Waals surface area contributed by atoms with Crippen LogP contribution in [0.3, 0.4) is 0 Å². The second-order valence-corrected chi connectivity index (χ2v) is 3.35. The maximum Gasteiger partial charge on any atom is 0.174 e. The first-order valence-electron chi connectivity index (χ1n) is 4.04. The van der Waals surface area contributed by atoms with Crippen molar-refractivity contribution in [1.82, 2.24) is 0 Å². The fourth-order valence-corrected chi connectivity index (χ4v) is 1.78. The van der Waals surface area contributed by atoms with Crippen LogP contribution in [0.4, 0.5) is 0 Å². The molecule has 0 unspecified atom stereocenters. The smallest absolute Gasteiger partial charge is 0.174 e. The van der Waals surface area contributed by atoms with E-state index < -0.39 is 0 Å². The molecule has 1 heterocycles. The van der Waals surface area contributed by atoms with Gasteiger partial charge in [0.15, 0.2) is 10.9 Å². The van der Waals surface area contributed by atoms with E-state index in [2.05, 4.69) is 4.99 Å². The summed E-state index contributed by atoms with van der Waals surface area (Å²) >= 11 is 11.9. The van der Waals surface area contributed by atoms with Crippen molar-refractivity contribution in [3.8, 4) is 0 Å². The van der Waals surface area contributed by atoms with Gasteiger partial charge in [-0.05, 0) is 12.0 Å². The van der Waals surface area contributed by atoms with Crippen LogP contribution in [0.15, 0.2) is 26.5 Å². The molecule has 0 aromatic carbocycles. The van der Waals surface area contributed by atoms with Gasteiger partial charge in [-0.15, -0.1) is 0 Å². The lowest BCUT2D eigenvalue weighted by atomic mass is 10.1. The van der Waals surface area contributed by atoms with E-state index >= 15 is 0 Å². The molecule has 0 fully saturated rings. The highest BCUT2D eigenvalue weighted by Crippen LogP contribution is 2.30. The summed E-state index contributed by atoms with van der Waals surface area (Å²) < 4.78 is 5.07. The molecule has 1 rings (SSSR count). The SMILES string of the molecule is CCC1=C(Cl)C(OC)=C(Cl)N=CC1. The highest BCUT2D eigenvalue weighted by Gasteiger charge is 2.15. The van der Waals surface area contributed by atoms with Crippen molar-refractivity contribution in [1.29, 1.82) is 0 Å². The highest BCUT2D eigenvalue weighted by molar-refractivity contribution is 6.36. The number of nitrogens with zero attached hydrogens (tertiary/aromatic N) is 1. The molecule has 0 N–H and O–H groups in total. The van der Waals surface area contributed by atoms with Crippen LogP contribution in [0.1, 0.15) is 19.8 Å². The van der Waals surface area contributed by atoms with Gasteiger partial charge in [0.05, 0.1) is 12.1 Å². The molecule has 2 nitrogen and oxygen atoms in total. The molecule has 0 aromatic heterocycles. The van der Waals surface area contributed by atoms with E-state index in [0.717, 1.165) is 18.4 Å². The van der Waals surface area contributed by atoms with Gasteiger partial charge in [-0.2, -0.15) is 0 Å². The minimum atomic E-state index is 0.316. The molecule has 0 radical (unpaired) electrons. The first kappa shape index (κ1) is 10.6. The van der Waals surface area contributed by atoms with Crippen molar-refractivity contribution in [2.75, 3.05) is 7.11 Å². The van der Waals surface area contributed by atoms with E-state index in [1.807, 2.05) is 6.92 Å². The Hall–Kier alpha value is -0.470. The van der Waals surface area contributed by atoms with Crippen LogP contribution in [-0.4, -0.2) is 13.3 Å². The molecule has 0 saturated carbocycles. The van der Waals surface area contributed by atoms with Gasteiger partial charge in [0, 0.05) is 12.6 Å². The van der Waals surface area contributed by atoms with Gasteiger partial charge in [0.2, 0.25) is 0 Å². The third-order valence-corrected chi connectivity index (χ3v) is 2.58. The zero-order valence-corrected chi connectivity index (χ0v) is 9.11. The van der Waals surface area contributed by atoms with E-state index in [1.165, 1.54) is 7.11 Å². The van der Waals surface area contributed by atoms with Crippen molar-refractivity contribution in [2.45, 2.75) is 19.8 Å². The van der Waals surface area contributed by atoms with Crippen LogP contribution < -0.4 is 0 Å². The fraction of sp³-hybridized carbons (Fsp3) is 0.444. The summed E-state index contributed by atoms with van der Waals surface area (Å²) in [6.45, 7) is 2.04. The Morgan fingerprint density at radius 3 is 2.77 bits per heavy atom. The summed E-state index contributed by atoms with van der Waals surface area (Å²) in [6.07, 6.45) is 3.36. The van der Waals surface area contributed by atoms with Crippen molar-refractivity contribution >= 4 is 29.4 Å². The lowest BCUT2D eigenvalue weighted by Crippen LogP contribution is -1.92. The summed E-state index contributed by atoms with van der Waals surface area (Å²) in [5.74, 6) is 0.467. The number of ether oxygens (including phenoxy) is 1. The van der Waals surface area contributed by atoms with Gasteiger partial charge in [-0.3, -0.25) is 0 Å². The van der Waals surface area contributed by atoms with E-state index in [0.29, 0.717) is 15.9 Å². The first-order valence-corrected chi connectivity index (χ1v) is 4.80. The molecule has 72 valence electrons. The van der Waals surface area contributed by atoms with E-state index in [9.17, 15) is 0 Å². The largest absolute Gasteiger partial charge is 0.492 e. The number of hydrogen-bond donors (Lipinski definition) is 0. The molecule has 13 heavy (non-hydrogen) atoms. The Kier molecular flexibility index (Phi) is 3.82. The van der Waals surface area contributed by atoms with Crippen LogP contribution in [0.2, 0.25) is 0 Å². The highest BCUT2D eigenvalue weighted by atomic mass is 35.5. The zero-order valence-electron chi connectivity index (χ0n) is 7.60. The monoisotopic (exact) mass is 219 g/mol. The van der Waals surface area contributed by atoms with Gasteiger partial charge < -0.3 is 4.74 Å². The fourth-order valence-electron chi connectivity index (χ4n) is 1.11. The molecule has 0 amide bonds.